The van der Waals surface area contributed by atoms with Crippen LogP contribution in [0.1, 0.15) is 69.3 Å². The average molecular weight is 643 g/mol. The Morgan fingerprint density at radius 1 is 1.15 bits per heavy atom. The number of benzene rings is 2. The molecule has 13 heteroatoms. The normalized spacial score (nSPS) is 31.0. The number of methoxy groups -OCH3 is 1. The predicted octanol–water partition coefficient (Wildman–Crippen LogP) is 1.82. The van der Waals surface area contributed by atoms with Crippen LogP contribution in [0.25, 0.3) is 0 Å². The summed E-state index contributed by atoms with van der Waals surface area (Å²) >= 11 is 3.37. The largest absolute Gasteiger partial charge is 0.507 e. The van der Waals surface area contributed by atoms with Gasteiger partial charge in [-0.3, -0.25) is 14.4 Å². The number of fused-ring (bicyclic) bond motifs is 3. The lowest BCUT2D eigenvalue weighted by Crippen LogP contribution is -2.59. The number of phenolic OH excluding ortho intramolecular Hbond substituents is 2. The molecule has 2 aromatic carbocycles. The molecule has 11 nitrogen and oxygen atoms in total. The van der Waals surface area contributed by atoms with Crippen molar-refractivity contribution >= 4 is 45.7 Å². The van der Waals surface area contributed by atoms with E-state index in [9.17, 15) is 34.8 Å². The third kappa shape index (κ3) is 4.42. The van der Waals surface area contributed by atoms with Gasteiger partial charge in [0.15, 0.2) is 17.9 Å². The number of aliphatic hydroxyl groups excluding tert-OH is 1. The van der Waals surface area contributed by atoms with Crippen LogP contribution in [0.3, 0.4) is 0 Å². The maximum atomic E-state index is 13.7. The van der Waals surface area contributed by atoms with E-state index in [0.29, 0.717) is 0 Å². The number of aromatic hydroxyl groups is 2. The molecule has 7 atom stereocenters. The third-order valence-electron chi connectivity index (χ3n) is 7.88. The molecule has 2 aliphatic carbocycles. The van der Waals surface area contributed by atoms with Gasteiger partial charge in [0, 0.05) is 29.5 Å². The fourth-order valence-corrected chi connectivity index (χ4v) is 6.18. The number of hydrogen-bond acceptors (Lipinski definition) is 11. The Bertz CT molecular complexity index is 1420. The summed E-state index contributed by atoms with van der Waals surface area (Å²) in [5.41, 5.74) is 2.96. The van der Waals surface area contributed by atoms with E-state index in [1.165, 1.54) is 32.2 Å². The molecule has 5 rings (SSSR count). The van der Waals surface area contributed by atoms with Crippen LogP contribution in [-0.2, 0) is 20.7 Å². The second kappa shape index (κ2) is 10.7. The quantitative estimate of drug-likeness (QED) is 0.206. The van der Waals surface area contributed by atoms with Crippen LogP contribution in [0, 0.1) is 0 Å². The van der Waals surface area contributed by atoms with E-state index in [0.717, 1.165) is 0 Å². The zero-order chi connectivity index (χ0) is 28.5. The molecule has 0 amide bonds. The summed E-state index contributed by atoms with van der Waals surface area (Å²) in [7, 11) is 1.34. The Morgan fingerprint density at radius 2 is 1.80 bits per heavy atom. The van der Waals surface area contributed by atoms with Gasteiger partial charge in [-0.15, -0.1) is 12.4 Å². The molecule has 3 aliphatic rings. The van der Waals surface area contributed by atoms with Crippen molar-refractivity contribution in [2.75, 3.05) is 7.11 Å². The molecule has 216 valence electrons. The maximum Gasteiger partial charge on any atom is 0.202 e. The van der Waals surface area contributed by atoms with Crippen LogP contribution in [0.2, 0.25) is 0 Å². The molecule has 1 fully saturated rings. The van der Waals surface area contributed by atoms with Crippen molar-refractivity contribution in [3.05, 3.63) is 51.6 Å². The van der Waals surface area contributed by atoms with Crippen LogP contribution in [0.5, 0.6) is 17.2 Å². The molecule has 6 N–H and O–H groups in total. The SMILES string of the molecule is COc1cccc2c1C(=O)c1c(O)c3c(c(O)c1C2=O)C[C@@](O)(C(C)=O)C[C@@H]3O[C@@H]1O[C@@H](C)[C@H](O)[C@@H](N)[C@H]1Br.Cl. The number of alkyl halides is 1. The first-order valence-corrected chi connectivity index (χ1v) is 13.2. The molecule has 0 radical (unpaired) electrons. The topological polar surface area (TPSA) is 186 Å². The number of ketones is 3. The number of halogens is 2. The lowest BCUT2D eigenvalue weighted by molar-refractivity contribution is -0.242. The predicted molar refractivity (Wildman–Crippen MR) is 146 cm³/mol. The molecule has 2 aromatic rings. The second-order valence-corrected chi connectivity index (χ2v) is 11.3. The van der Waals surface area contributed by atoms with Gasteiger partial charge in [-0.05, 0) is 19.9 Å². The highest BCUT2D eigenvalue weighted by Gasteiger charge is 2.50. The molecular formula is C27H29BrClNO10. The minimum Gasteiger partial charge on any atom is -0.507 e. The number of phenols is 2. The standard InChI is InChI=1S/C27H28BrNO10.ClH/c1-9-21(31)20(29)19(28)26(38-9)39-14-8-27(36,10(2)30)7-12-16(14)25(35)18-17(23(12)33)22(32)11-5-4-6-13(37-3)15(11)24(18)34;/h4-6,9,14,19-21,26,31,33,35-36H,7-8,29H2,1-3H3;1H/t9-,14-,19+,20-,21-,26-,27-;/m0./s1. The zero-order valence-corrected chi connectivity index (χ0v) is 24.1. The van der Waals surface area contributed by atoms with Gasteiger partial charge < -0.3 is 40.4 Å². The number of ether oxygens (including phenoxy) is 3. The van der Waals surface area contributed by atoms with Crippen molar-refractivity contribution in [1.82, 2.24) is 0 Å². The van der Waals surface area contributed by atoms with Crippen LogP contribution < -0.4 is 10.5 Å². The van der Waals surface area contributed by atoms with Gasteiger partial charge in [0.25, 0.3) is 0 Å². The van der Waals surface area contributed by atoms with Gasteiger partial charge in [0.2, 0.25) is 5.78 Å². The monoisotopic (exact) mass is 641 g/mol. The first-order valence-electron chi connectivity index (χ1n) is 12.3. The number of rotatable bonds is 4. The lowest BCUT2D eigenvalue weighted by Gasteiger charge is -2.44. The van der Waals surface area contributed by atoms with Crippen molar-refractivity contribution in [3.8, 4) is 17.2 Å². The third-order valence-corrected chi connectivity index (χ3v) is 8.92. The summed E-state index contributed by atoms with van der Waals surface area (Å²) < 4.78 is 17.2. The summed E-state index contributed by atoms with van der Waals surface area (Å²) in [6, 6.07) is 3.62. The number of aliphatic hydroxyl groups is 2. The molecule has 0 spiro atoms. The maximum absolute atomic E-state index is 13.7. The van der Waals surface area contributed by atoms with Crippen LogP contribution >= 0.6 is 28.3 Å². The van der Waals surface area contributed by atoms with Crippen molar-refractivity contribution in [3.63, 3.8) is 0 Å². The molecule has 1 heterocycles. The Labute approximate surface area is 243 Å². The van der Waals surface area contributed by atoms with Gasteiger partial charge in [0.05, 0.1) is 53.0 Å². The first-order chi connectivity index (χ1) is 18.3. The van der Waals surface area contributed by atoms with Gasteiger partial charge in [-0.2, -0.15) is 0 Å². The van der Waals surface area contributed by atoms with E-state index < -0.39 is 87.5 Å². The Kier molecular flexibility index (Phi) is 8.11. The molecule has 1 aliphatic heterocycles. The van der Waals surface area contributed by atoms with Crippen LogP contribution in [-0.4, -0.2) is 79.9 Å². The second-order valence-electron chi connectivity index (χ2n) is 10.2. The molecule has 0 aromatic heterocycles. The van der Waals surface area contributed by atoms with Gasteiger partial charge >= 0.3 is 0 Å². The molecule has 40 heavy (non-hydrogen) atoms. The van der Waals surface area contributed by atoms with E-state index >= 15 is 0 Å². The van der Waals surface area contributed by atoms with E-state index in [2.05, 4.69) is 15.9 Å². The van der Waals surface area contributed by atoms with Crippen molar-refractivity contribution in [2.45, 2.75) is 67.8 Å². The van der Waals surface area contributed by atoms with Gasteiger partial charge in [-0.1, -0.05) is 28.1 Å². The molecule has 0 bridgehead atoms. The Morgan fingerprint density at radius 3 is 2.42 bits per heavy atom. The number of nitrogens with two attached hydrogens (primary N) is 1. The van der Waals surface area contributed by atoms with Crippen LogP contribution in [0.4, 0.5) is 0 Å². The number of carbonyl (C=O) groups excluding carboxylic acids is 3. The number of hydrogen-bond donors (Lipinski definition) is 5. The van der Waals surface area contributed by atoms with E-state index in [1.807, 2.05) is 0 Å². The lowest BCUT2D eigenvalue weighted by atomic mass is 9.72. The fraction of sp³-hybridized carbons (Fsp3) is 0.444. The van der Waals surface area contributed by atoms with Crippen molar-refractivity contribution in [1.29, 1.82) is 0 Å². The van der Waals surface area contributed by atoms with E-state index in [1.54, 1.807) is 6.92 Å². The number of carbonyl (C=O) groups is 3. The molecular weight excluding hydrogens is 614 g/mol. The van der Waals surface area contributed by atoms with Crippen LogP contribution in [0.15, 0.2) is 18.2 Å². The minimum absolute atomic E-state index is 0. The molecule has 0 unspecified atom stereocenters. The molecule has 1 saturated heterocycles. The minimum atomic E-state index is -2.03. The highest BCUT2D eigenvalue weighted by Crippen LogP contribution is 2.52. The zero-order valence-electron chi connectivity index (χ0n) is 21.7. The summed E-state index contributed by atoms with van der Waals surface area (Å²) in [4.78, 5) is 39.0. The fourth-order valence-electron chi connectivity index (χ4n) is 5.62. The van der Waals surface area contributed by atoms with Gasteiger partial charge in [-0.25, -0.2) is 0 Å². The average Bonchev–Trinajstić information content (AvgIpc) is 2.90. The first kappa shape index (κ1) is 30.4. The summed E-state index contributed by atoms with van der Waals surface area (Å²) in [5.74, 6) is -3.25. The van der Waals surface area contributed by atoms with Crippen molar-refractivity contribution < 1.29 is 49.0 Å². The highest BCUT2D eigenvalue weighted by molar-refractivity contribution is 9.09. The van der Waals surface area contributed by atoms with E-state index in [4.69, 9.17) is 19.9 Å². The van der Waals surface area contributed by atoms with E-state index in [-0.39, 0.29) is 46.8 Å². The summed E-state index contributed by atoms with van der Waals surface area (Å²) in [5, 5.41) is 44.4. The Balaban J connectivity index is 0.00000370. The highest BCUT2D eigenvalue weighted by atomic mass is 79.9. The van der Waals surface area contributed by atoms with Gasteiger partial charge in [0.1, 0.15) is 22.8 Å². The Hall–Kier alpha value is -2.58. The smallest absolute Gasteiger partial charge is 0.202 e. The van der Waals surface area contributed by atoms with Crippen molar-refractivity contribution in [2.24, 2.45) is 5.73 Å². The number of Topliss-reactive ketones (excluding diaryl/α,β-unsaturated/α-hetero) is 1. The summed E-state index contributed by atoms with van der Waals surface area (Å²) in [6.07, 6.45) is -4.92. The molecule has 0 saturated carbocycles. The summed E-state index contributed by atoms with van der Waals surface area (Å²) in [6.45, 7) is 2.77.